The van der Waals surface area contributed by atoms with Gasteiger partial charge in [-0.25, -0.2) is 0 Å². The third-order valence-electron chi connectivity index (χ3n) is 2.51. The number of nitrogens with zero attached hydrogens (tertiary/aromatic N) is 2. The van der Waals surface area contributed by atoms with Crippen molar-refractivity contribution >= 4 is 5.97 Å². The molecule has 1 saturated heterocycles. The van der Waals surface area contributed by atoms with Gasteiger partial charge in [0.15, 0.2) is 0 Å². The standard InChI is InChI=1S/C9H14N2O2/c1-8(12)13-7-9-6-10-2-4-11(9)5-3-10/h2,4,9H,3,5-7H2,1H3. The summed E-state index contributed by atoms with van der Waals surface area (Å²) in [6.07, 6.45) is 4.16. The van der Waals surface area contributed by atoms with Crippen LogP contribution in [0.4, 0.5) is 0 Å². The summed E-state index contributed by atoms with van der Waals surface area (Å²) in [5, 5.41) is 0. The van der Waals surface area contributed by atoms with Gasteiger partial charge >= 0.3 is 5.97 Å². The molecule has 13 heavy (non-hydrogen) atoms. The summed E-state index contributed by atoms with van der Waals surface area (Å²) in [5.41, 5.74) is 0. The molecule has 0 aromatic carbocycles. The average molecular weight is 182 g/mol. The molecule has 3 aliphatic heterocycles. The van der Waals surface area contributed by atoms with Crippen LogP contribution in [0.5, 0.6) is 0 Å². The number of hydrogen-bond acceptors (Lipinski definition) is 4. The minimum Gasteiger partial charge on any atom is -0.464 e. The number of piperazine rings is 1. The zero-order chi connectivity index (χ0) is 9.26. The molecule has 0 aromatic rings. The van der Waals surface area contributed by atoms with E-state index in [0.29, 0.717) is 12.6 Å². The van der Waals surface area contributed by atoms with Crippen molar-refractivity contribution in [2.75, 3.05) is 26.2 Å². The Morgan fingerprint density at radius 2 is 2.38 bits per heavy atom. The highest BCUT2D eigenvalue weighted by molar-refractivity contribution is 5.65. The van der Waals surface area contributed by atoms with E-state index >= 15 is 0 Å². The summed E-state index contributed by atoms with van der Waals surface area (Å²) in [6, 6.07) is 0.350. The van der Waals surface area contributed by atoms with Crippen LogP contribution in [0.25, 0.3) is 0 Å². The van der Waals surface area contributed by atoms with Crippen molar-refractivity contribution in [2.24, 2.45) is 0 Å². The molecule has 3 aliphatic rings. The van der Waals surface area contributed by atoms with Gasteiger partial charge in [0.05, 0.1) is 6.04 Å². The lowest BCUT2D eigenvalue weighted by Gasteiger charge is -2.44. The summed E-state index contributed by atoms with van der Waals surface area (Å²) in [7, 11) is 0. The Hall–Kier alpha value is -1.19. The first kappa shape index (κ1) is 8.41. The molecule has 1 atom stereocenters. The molecule has 3 rings (SSSR count). The first-order valence-electron chi connectivity index (χ1n) is 4.57. The molecule has 0 N–H and O–H groups in total. The summed E-state index contributed by atoms with van der Waals surface area (Å²) in [4.78, 5) is 15.1. The van der Waals surface area contributed by atoms with Crippen molar-refractivity contribution in [1.82, 2.24) is 9.80 Å². The molecule has 72 valence electrons. The fourth-order valence-corrected chi connectivity index (χ4v) is 1.77. The zero-order valence-corrected chi connectivity index (χ0v) is 7.77. The topological polar surface area (TPSA) is 32.8 Å². The second kappa shape index (κ2) is 3.28. The Morgan fingerprint density at radius 3 is 2.85 bits per heavy atom. The number of esters is 1. The second-order valence-electron chi connectivity index (χ2n) is 3.49. The first-order chi connectivity index (χ1) is 6.25. The summed E-state index contributed by atoms with van der Waals surface area (Å²) >= 11 is 0. The Balaban J connectivity index is 1.88. The third kappa shape index (κ3) is 1.76. The number of carbonyl (C=O) groups excluding carboxylic acids is 1. The molecule has 2 bridgehead atoms. The summed E-state index contributed by atoms with van der Waals surface area (Å²) in [6.45, 7) is 5.07. The highest BCUT2D eigenvalue weighted by Crippen LogP contribution is 2.16. The van der Waals surface area contributed by atoms with Crippen molar-refractivity contribution in [3.8, 4) is 0 Å². The highest BCUT2D eigenvalue weighted by atomic mass is 16.5. The fraction of sp³-hybridized carbons (Fsp3) is 0.667. The Morgan fingerprint density at radius 1 is 1.54 bits per heavy atom. The van der Waals surface area contributed by atoms with Crippen LogP contribution < -0.4 is 0 Å². The minimum absolute atomic E-state index is 0.193. The van der Waals surface area contributed by atoms with E-state index in [1.807, 2.05) is 0 Å². The van der Waals surface area contributed by atoms with Crippen molar-refractivity contribution in [2.45, 2.75) is 13.0 Å². The van der Waals surface area contributed by atoms with Crippen LogP contribution in [0, 0.1) is 0 Å². The van der Waals surface area contributed by atoms with Gasteiger partial charge in [0.2, 0.25) is 0 Å². The zero-order valence-electron chi connectivity index (χ0n) is 7.77. The van der Waals surface area contributed by atoms with E-state index in [2.05, 4.69) is 22.2 Å². The van der Waals surface area contributed by atoms with Crippen LogP contribution in [0.1, 0.15) is 6.92 Å². The predicted molar refractivity (Wildman–Crippen MR) is 47.8 cm³/mol. The van der Waals surface area contributed by atoms with Crippen molar-refractivity contribution in [1.29, 1.82) is 0 Å². The Kier molecular flexibility index (Phi) is 2.12. The van der Waals surface area contributed by atoms with Crippen molar-refractivity contribution < 1.29 is 9.53 Å². The van der Waals surface area contributed by atoms with Gasteiger partial charge in [-0.15, -0.1) is 0 Å². The number of carbonyl (C=O) groups is 1. The maximum absolute atomic E-state index is 10.6. The van der Waals surface area contributed by atoms with E-state index in [0.717, 1.165) is 19.6 Å². The molecule has 3 heterocycles. The normalized spacial score (nSPS) is 25.2. The van der Waals surface area contributed by atoms with Crippen LogP contribution in [0.3, 0.4) is 0 Å². The molecule has 0 radical (unpaired) electrons. The van der Waals surface area contributed by atoms with Gasteiger partial charge in [0.25, 0.3) is 0 Å². The second-order valence-corrected chi connectivity index (χ2v) is 3.49. The quantitative estimate of drug-likeness (QED) is 0.564. The number of rotatable bonds is 2. The smallest absolute Gasteiger partial charge is 0.302 e. The summed E-state index contributed by atoms with van der Waals surface area (Å²) < 4.78 is 4.99. The van der Waals surface area contributed by atoms with Gasteiger partial charge in [0.1, 0.15) is 6.61 Å². The van der Waals surface area contributed by atoms with Crippen LogP contribution in [-0.4, -0.2) is 48.1 Å². The van der Waals surface area contributed by atoms with E-state index in [1.54, 1.807) is 0 Å². The molecule has 1 unspecified atom stereocenters. The van der Waals surface area contributed by atoms with Crippen LogP contribution >= 0.6 is 0 Å². The lowest BCUT2D eigenvalue weighted by atomic mass is 10.1. The van der Waals surface area contributed by atoms with E-state index in [4.69, 9.17) is 4.74 Å². The van der Waals surface area contributed by atoms with Gasteiger partial charge < -0.3 is 14.5 Å². The molecule has 0 aliphatic carbocycles. The largest absolute Gasteiger partial charge is 0.464 e. The van der Waals surface area contributed by atoms with Gasteiger partial charge in [-0.1, -0.05) is 0 Å². The molecular weight excluding hydrogens is 168 g/mol. The van der Waals surface area contributed by atoms with E-state index in [9.17, 15) is 4.79 Å². The monoisotopic (exact) mass is 182 g/mol. The molecule has 1 fully saturated rings. The average Bonchev–Trinajstić information content (AvgIpc) is 2.17. The molecule has 4 heteroatoms. The molecular formula is C9H14N2O2. The third-order valence-corrected chi connectivity index (χ3v) is 2.51. The SMILES string of the molecule is CC(=O)OCC1CN2C=CN1CC2. The van der Waals surface area contributed by atoms with Crippen molar-refractivity contribution in [3.05, 3.63) is 12.4 Å². The number of hydrogen-bond donors (Lipinski definition) is 0. The first-order valence-corrected chi connectivity index (χ1v) is 4.57. The molecule has 4 nitrogen and oxygen atoms in total. The maximum atomic E-state index is 10.6. The van der Waals surface area contributed by atoms with Gasteiger partial charge in [0, 0.05) is 39.0 Å². The van der Waals surface area contributed by atoms with Crippen molar-refractivity contribution in [3.63, 3.8) is 0 Å². The van der Waals surface area contributed by atoms with E-state index < -0.39 is 0 Å². The van der Waals surface area contributed by atoms with Crippen LogP contribution in [0.15, 0.2) is 12.4 Å². The number of fused-ring (bicyclic) bond motifs is 2. The Labute approximate surface area is 77.8 Å². The molecule has 0 aromatic heterocycles. The number of ether oxygens (including phenoxy) is 1. The van der Waals surface area contributed by atoms with Gasteiger partial charge in [-0.3, -0.25) is 4.79 Å². The van der Waals surface area contributed by atoms with Crippen LogP contribution in [-0.2, 0) is 9.53 Å². The maximum Gasteiger partial charge on any atom is 0.302 e. The van der Waals surface area contributed by atoms with E-state index in [-0.39, 0.29) is 5.97 Å². The lowest BCUT2D eigenvalue weighted by Crippen LogP contribution is -2.54. The summed E-state index contributed by atoms with van der Waals surface area (Å²) in [5.74, 6) is -0.193. The molecule has 0 spiro atoms. The van der Waals surface area contributed by atoms with Gasteiger partial charge in [-0.05, 0) is 0 Å². The molecule has 0 saturated carbocycles. The molecule has 0 amide bonds. The minimum atomic E-state index is -0.193. The highest BCUT2D eigenvalue weighted by Gasteiger charge is 2.27. The lowest BCUT2D eigenvalue weighted by molar-refractivity contribution is -0.143. The van der Waals surface area contributed by atoms with Gasteiger partial charge in [-0.2, -0.15) is 0 Å². The Bertz CT molecular complexity index is 240. The van der Waals surface area contributed by atoms with Crippen LogP contribution in [0.2, 0.25) is 0 Å². The predicted octanol–water partition coefficient (Wildman–Crippen LogP) is 0.0205. The van der Waals surface area contributed by atoms with E-state index in [1.165, 1.54) is 6.92 Å². The fourth-order valence-electron chi connectivity index (χ4n) is 1.77.